The van der Waals surface area contributed by atoms with Crippen LogP contribution in [0.3, 0.4) is 0 Å². The van der Waals surface area contributed by atoms with Gasteiger partial charge in [-0.25, -0.2) is 0 Å². The van der Waals surface area contributed by atoms with Crippen molar-refractivity contribution in [2.45, 2.75) is 52.7 Å². The molecule has 0 aromatic heterocycles. The molecule has 1 aliphatic rings. The van der Waals surface area contributed by atoms with Gasteiger partial charge in [-0.15, -0.1) is 0 Å². The molecule has 0 saturated carbocycles. The van der Waals surface area contributed by atoms with Crippen LogP contribution >= 0.6 is 0 Å². The summed E-state index contributed by atoms with van der Waals surface area (Å²) in [6.07, 6.45) is 0. The lowest BCUT2D eigenvalue weighted by atomic mass is 9.75. The van der Waals surface area contributed by atoms with Crippen LogP contribution in [0, 0.1) is 5.41 Å². The maximum atomic E-state index is 10.0. The van der Waals surface area contributed by atoms with E-state index in [-0.39, 0.29) is 5.54 Å². The van der Waals surface area contributed by atoms with E-state index in [4.69, 9.17) is 0 Å². The zero-order valence-corrected chi connectivity index (χ0v) is 9.81. The van der Waals surface area contributed by atoms with E-state index in [1.165, 1.54) is 0 Å². The summed E-state index contributed by atoms with van der Waals surface area (Å²) in [6.45, 7) is 14.7. The van der Waals surface area contributed by atoms with Gasteiger partial charge in [-0.3, -0.25) is 4.90 Å². The molecule has 2 nitrogen and oxygen atoms in total. The van der Waals surface area contributed by atoms with Crippen LogP contribution in [0.15, 0.2) is 0 Å². The fourth-order valence-electron chi connectivity index (χ4n) is 1.77. The van der Waals surface area contributed by atoms with E-state index in [1.54, 1.807) is 0 Å². The largest absolute Gasteiger partial charge is 0.389 e. The Balaban J connectivity index is 2.64. The van der Waals surface area contributed by atoms with Crippen LogP contribution < -0.4 is 0 Å². The molecule has 1 rings (SSSR count). The summed E-state index contributed by atoms with van der Waals surface area (Å²) in [5.74, 6) is 0. The van der Waals surface area contributed by atoms with Gasteiger partial charge < -0.3 is 5.11 Å². The van der Waals surface area contributed by atoms with Crippen molar-refractivity contribution in [1.82, 2.24) is 4.90 Å². The number of aliphatic hydroxyl groups is 1. The molecule has 1 heterocycles. The predicted octanol–water partition coefficient (Wildman–Crippen LogP) is 1.88. The molecule has 0 atom stereocenters. The summed E-state index contributed by atoms with van der Waals surface area (Å²) in [5, 5.41) is 10.0. The maximum Gasteiger partial charge on any atom is 0.0769 e. The summed E-state index contributed by atoms with van der Waals surface area (Å²) in [4.78, 5) is 2.35. The molecule has 0 aromatic rings. The quantitative estimate of drug-likeness (QED) is 0.710. The topological polar surface area (TPSA) is 23.5 Å². The van der Waals surface area contributed by atoms with Gasteiger partial charge in [-0.2, -0.15) is 0 Å². The highest BCUT2D eigenvalue weighted by Crippen LogP contribution is 2.39. The van der Waals surface area contributed by atoms with Crippen molar-refractivity contribution in [3.8, 4) is 0 Å². The third kappa shape index (κ3) is 1.89. The third-order valence-electron chi connectivity index (χ3n) is 3.53. The Bertz CT molecular complexity index is 193. The van der Waals surface area contributed by atoms with Crippen LogP contribution in [-0.4, -0.2) is 34.2 Å². The Labute approximate surface area is 81.9 Å². The number of rotatable bonds is 2. The highest BCUT2D eigenvalue weighted by atomic mass is 16.3. The molecule has 1 saturated heterocycles. The fourth-order valence-corrected chi connectivity index (χ4v) is 1.77. The van der Waals surface area contributed by atoms with Crippen molar-refractivity contribution in [2.24, 2.45) is 5.41 Å². The molecule has 2 heteroatoms. The second kappa shape index (κ2) is 2.71. The summed E-state index contributed by atoms with van der Waals surface area (Å²) >= 11 is 0. The summed E-state index contributed by atoms with van der Waals surface area (Å²) in [5.41, 5.74) is -0.325. The van der Waals surface area contributed by atoms with Crippen LogP contribution in [0.4, 0.5) is 0 Å². The lowest BCUT2D eigenvalue weighted by Crippen LogP contribution is -2.67. The van der Waals surface area contributed by atoms with E-state index in [2.05, 4.69) is 32.6 Å². The molecule has 0 amide bonds. The minimum absolute atomic E-state index is 0.123. The first-order valence-electron chi connectivity index (χ1n) is 5.04. The van der Waals surface area contributed by atoms with Gasteiger partial charge >= 0.3 is 0 Å². The minimum Gasteiger partial charge on any atom is -0.389 e. The molecular formula is C11H23NO. The van der Waals surface area contributed by atoms with Crippen molar-refractivity contribution in [2.75, 3.05) is 13.1 Å². The van der Waals surface area contributed by atoms with Crippen LogP contribution in [0.1, 0.15) is 41.5 Å². The monoisotopic (exact) mass is 185 g/mol. The first-order chi connectivity index (χ1) is 5.56. The zero-order valence-electron chi connectivity index (χ0n) is 9.81. The average Bonchev–Trinajstić information content (AvgIpc) is 1.79. The minimum atomic E-state index is -0.635. The van der Waals surface area contributed by atoms with Crippen molar-refractivity contribution in [3.05, 3.63) is 0 Å². The number of hydrogen-bond acceptors (Lipinski definition) is 2. The number of nitrogens with zero attached hydrogens (tertiary/aromatic N) is 1. The standard InChI is InChI=1S/C11H23NO/c1-9(2)7-12(8-9)10(3,4)11(5,6)13/h13H,7-8H2,1-6H3. The third-order valence-corrected chi connectivity index (χ3v) is 3.53. The van der Waals surface area contributed by atoms with Crippen molar-refractivity contribution >= 4 is 0 Å². The van der Waals surface area contributed by atoms with Gasteiger partial charge in [0.2, 0.25) is 0 Å². The van der Waals surface area contributed by atoms with E-state index in [0.29, 0.717) is 5.41 Å². The Hall–Kier alpha value is -0.0800. The van der Waals surface area contributed by atoms with Crippen LogP contribution in [0.25, 0.3) is 0 Å². The summed E-state index contributed by atoms with van der Waals surface area (Å²) in [6, 6.07) is 0. The highest BCUT2D eigenvalue weighted by Gasteiger charge is 2.48. The Morgan fingerprint density at radius 3 is 1.69 bits per heavy atom. The van der Waals surface area contributed by atoms with Gasteiger partial charge in [-0.1, -0.05) is 13.8 Å². The second-order valence-corrected chi connectivity index (χ2v) is 6.14. The first-order valence-corrected chi connectivity index (χ1v) is 5.04. The molecule has 1 aliphatic heterocycles. The Morgan fingerprint density at radius 1 is 1.08 bits per heavy atom. The van der Waals surface area contributed by atoms with Gasteiger partial charge in [0, 0.05) is 18.6 Å². The zero-order chi connectivity index (χ0) is 10.5. The van der Waals surface area contributed by atoms with Crippen molar-refractivity contribution in [1.29, 1.82) is 0 Å². The molecular weight excluding hydrogens is 162 g/mol. The molecule has 0 unspecified atom stereocenters. The van der Waals surface area contributed by atoms with Gasteiger partial charge in [0.05, 0.1) is 5.60 Å². The van der Waals surface area contributed by atoms with Crippen LogP contribution in [-0.2, 0) is 0 Å². The lowest BCUT2D eigenvalue weighted by molar-refractivity contribution is -0.134. The second-order valence-electron chi connectivity index (χ2n) is 6.14. The molecule has 0 bridgehead atoms. The highest BCUT2D eigenvalue weighted by molar-refractivity contribution is 5.03. The van der Waals surface area contributed by atoms with E-state index in [1.807, 2.05) is 13.8 Å². The van der Waals surface area contributed by atoms with E-state index >= 15 is 0 Å². The first kappa shape index (κ1) is 11.0. The SMILES string of the molecule is CC1(C)CN(C(C)(C)C(C)(C)O)C1. The summed E-state index contributed by atoms with van der Waals surface area (Å²) in [7, 11) is 0. The van der Waals surface area contributed by atoms with E-state index in [0.717, 1.165) is 13.1 Å². The van der Waals surface area contributed by atoms with Crippen molar-refractivity contribution < 1.29 is 5.11 Å². The average molecular weight is 185 g/mol. The van der Waals surface area contributed by atoms with Gasteiger partial charge in [0.25, 0.3) is 0 Å². The van der Waals surface area contributed by atoms with Gasteiger partial charge in [0.15, 0.2) is 0 Å². The fraction of sp³-hybridized carbons (Fsp3) is 1.00. The molecule has 78 valence electrons. The number of hydrogen-bond donors (Lipinski definition) is 1. The van der Waals surface area contributed by atoms with E-state index in [9.17, 15) is 5.11 Å². The molecule has 1 N–H and O–H groups in total. The van der Waals surface area contributed by atoms with Crippen molar-refractivity contribution in [3.63, 3.8) is 0 Å². The van der Waals surface area contributed by atoms with Gasteiger partial charge in [-0.05, 0) is 33.1 Å². The molecule has 0 aliphatic carbocycles. The smallest absolute Gasteiger partial charge is 0.0769 e. The summed E-state index contributed by atoms with van der Waals surface area (Å²) < 4.78 is 0. The predicted molar refractivity (Wildman–Crippen MR) is 55.7 cm³/mol. The number of likely N-dealkylation sites (tertiary alicyclic amines) is 1. The normalized spacial score (nSPS) is 24.2. The molecule has 0 radical (unpaired) electrons. The van der Waals surface area contributed by atoms with Gasteiger partial charge in [0.1, 0.15) is 0 Å². The van der Waals surface area contributed by atoms with E-state index < -0.39 is 5.60 Å². The molecule has 0 spiro atoms. The molecule has 1 fully saturated rings. The van der Waals surface area contributed by atoms with Crippen LogP contribution in [0.5, 0.6) is 0 Å². The molecule has 13 heavy (non-hydrogen) atoms. The molecule has 0 aromatic carbocycles. The Kier molecular flexibility index (Phi) is 2.29. The Morgan fingerprint density at radius 2 is 1.46 bits per heavy atom. The lowest BCUT2D eigenvalue weighted by Gasteiger charge is -2.57. The maximum absolute atomic E-state index is 10.0. The van der Waals surface area contributed by atoms with Crippen LogP contribution in [0.2, 0.25) is 0 Å².